The van der Waals surface area contributed by atoms with Crippen molar-refractivity contribution < 1.29 is 14.6 Å². The third kappa shape index (κ3) is 3.23. The summed E-state index contributed by atoms with van der Waals surface area (Å²) in [7, 11) is 0. The standard InChI is InChI=1S/C20H20N2O3/c23-20(24)14-4-3-5-15(12-14)25-11-10-22-9-8-17-16-6-1-2-7-18(16)21-19(17)13-22/h1-7,12,21H,8-11,13H2,(H,23,24). The van der Waals surface area contributed by atoms with E-state index in [1.807, 2.05) is 0 Å². The lowest BCUT2D eigenvalue weighted by Crippen LogP contribution is -2.33. The Morgan fingerprint density at radius 1 is 1.20 bits per heavy atom. The van der Waals surface area contributed by atoms with Gasteiger partial charge in [-0.2, -0.15) is 0 Å². The molecular formula is C20H20N2O3. The van der Waals surface area contributed by atoms with Crippen LogP contribution in [0.15, 0.2) is 48.5 Å². The molecule has 0 spiro atoms. The molecule has 1 aromatic heterocycles. The number of nitrogens with one attached hydrogen (secondary N) is 1. The third-order valence-electron chi connectivity index (χ3n) is 4.72. The summed E-state index contributed by atoms with van der Waals surface area (Å²) in [6.45, 7) is 3.25. The van der Waals surface area contributed by atoms with Crippen molar-refractivity contribution in [3.05, 3.63) is 65.4 Å². The Hall–Kier alpha value is -2.79. The molecule has 2 N–H and O–H groups in total. The summed E-state index contributed by atoms with van der Waals surface area (Å²) in [4.78, 5) is 16.9. The number of fused-ring (bicyclic) bond motifs is 3. The number of carboxylic acids is 1. The van der Waals surface area contributed by atoms with Gasteiger partial charge >= 0.3 is 5.97 Å². The molecule has 4 rings (SSSR count). The molecule has 0 unspecified atom stereocenters. The Kier molecular flexibility index (Phi) is 4.15. The molecule has 3 aromatic rings. The van der Waals surface area contributed by atoms with Gasteiger partial charge in [-0.3, -0.25) is 4.90 Å². The average molecular weight is 336 g/mol. The largest absolute Gasteiger partial charge is 0.492 e. The number of ether oxygens (including phenoxy) is 1. The summed E-state index contributed by atoms with van der Waals surface area (Å²) in [5.74, 6) is -0.337. The summed E-state index contributed by atoms with van der Waals surface area (Å²) in [5, 5.41) is 10.4. The van der Waals surface area contributed by atoms with E-state index in [0.29, 0.717) is 12.4 Å². The van der Waals surface area contributed by atoms with Crippen LogP contribution in [0.2, 0.25) is 0 Å². The van der Waals surface area contributed by atoms with E-state index in [-0.39, 0.29) is 5.56 Å². The van der Waals surface area contributed by atoms with Crippen molar-refractivity contribution in [1.82, 2.24) is 9.88 Å². The fraction of sp³-hybridized carbons (Fsp3) is 0.250. The second-order valence-electron chi connectivity index (χ2n) is 6.34. The Bertz CT molecular complexity index is 916. The molecule has 0 saturated carbocycles. The van der Waals surface area contributed by atoms with Crippen LogP contribution in [-0.4, -0.2) is 40.7 Å². The minimum atomic E-state index is -0.937. The van der Waals surface area contributed by atoms with Crippen LogP contribution in [0.1, 0.15) is 21.6 Å². The molecule has 25 heavy (non-hydrogen) atoms. The van der Waals surface area contributed by atoms with Gasteiger partial charge < -0.3 is 14.8 Å². The number of benzene rings is 2. The fourth-order valence-corrected chi connectivity index (χ4v) is 3.45. The van der Waals surface area contributed by atoms with Crippen molar-refractivity contribution in [2.75, 3.05) is 19.7 Å². The quantitative estimate of drug-likeness (QED) is 0.750. The van der Waals surface area contributed by atoms with Gasteiger partial charge in [0.2, 0.25) is 0 Å². The number of hydrogen-bond donors (Lipinski definition) is 2. The maximum atomic E-state index is 11.0. The van der Waals surface area contributed by atoms with Crippen LogP contribution < -0.4 is 4.74 Å². The highest BCUT2D eigenvalue weighted by Gasteiger charge is 2.20. The molecule has 0 saturated heterocycles. The number of nitrogens with zero attached hydrogens (tertiary/aromatic N) is 1. The summed E-state index contributed by atoms with van der Waals surface area (Å²) < 4.78 is 5.73. The first-order chi connectivity index (χ1) is 12.2. The highest BCUT2D eigenvalue weighted by molar-refractivity contribution is 5.88. The van der Waals surface area contributed by atoms with Gasteiger partial charge in [-0.1, -0.05) is 24.3 Å². The van der Waals surface area contributed by atoms with Crippen LogP contribution in [0, 0.1) is 0 Å². The first kappa shape index (κ1) is 15.7. The lowest BCUT2D eigenvalue weighted by molar-refractivity contribution is 0.0696. The van der Waals surface area contributed by atoms with Crippen molar-refractivity contribution in [2.24, 2.45) is 0 Å². The van der Waals surface area contributed by atoms with Crippen LogP contribution in [0.4, 0.5) is 0 Å². The SMILES string of the molecule is O=C(O)c1cccc(OCCN2CCc3c([nH]c4ccccc34)C2)c1. The maximum absolute atomic E-state index is 11.0. The number of aromatic amines is 1. The van der Waals surface area contributed by atoms with E-state index < -0.39 is 5.97 Å². The molecule has 5 nitrogen and oxygen atoms in total. The van der Waals surface area contributed by atoms with E-state index in [4.69, 9.17) is 9.84 Å². The van der Waals surface area contributed by atoms with Crippen LogP contribution in [0.25, 0.3) is 10.9 Å². The predicted octanol–water partition coefficient (Wildman–Crippen LogP) is 3.30. The number of aromatic nitrogens is 1. The normalized spacial score (nSPS) is 14.4. The van der Waals surface area contributed by atoms with Crippen molar-refractivity contribution in [1.29, 1.82) is 0 Å². The van der Waals surface area contributed by atoms with Crippen molar-refractivity contribution >= 4 is 16.9 Å². The van der Waals surface area contributed by atoms with Crippen molar-refractivity contribution in [3.63, 3.8) is 0 Å². The van der Waals surface area contributed by atoms with Gasteiger partial charge in [0, 0.05) is 36.2 Å². The van der Waals surface area contributed by atoms with Gasteiger partial charge in [0.1, 0.15) is 12.4 Å². The number of carbonyl (C=O) groups is 1. The molecule has 0 atom stereocenters. The molecule has 2 aromatic carbocycles. The molecule has 2 heterocycles. The Morgan fingerprint density at radius 2 is 2.08 bits per heavy atom. The number of aromatic carboxylic acids is 1. The summed E-state index contributed by atoms with van der Waals surface area (Å²) in [5.41, 5.74) is 4.18. The number of rotatable bonds is 5. The maximum Gasteiger partial charge on any atom is 0.335 e. The predicted molar refractivity (Wildman–Crippen MR) is 96.2 cm³/mol. The zero-order valence-corrected chi connectivity index (χ0v) is 13.9. The second kappa shape index (κ2) is 6.61. The molecule has 128 valence electrons. The van der Waals surface area contributed by atoms with Gasteiger partial charge in [-0.05, 0) is 36.2 Å². The lowest BCUT2D eigenvalue weighted by atomic mass is 10.0. The van der Waals surface area contributed by atoms with Gasteiger partial charge in [-0.15, -0.1) is 0 Å². The topological polar surface area (TPSA) is 65.6 Å². The molecule has 5 heteroatoms. The van der Waals surface area contributed by atoms with Crippen molar-refractivity contribution in [2.45, 2.75) is 13.0 Å². The Labute approximate surface area is 145 Å². The number of hydrogen-bond acceptors (Lipinski definition) is 3. The molecule has 0 fully saturated rings. The fourth-order valence-electron chi connectivity index (χ4n) is 3.45. The van der Waals surface area contributed by atoms with Crippen molar-refractivity contribution in [3.8, 4) is 5.75 Å². The Balaban J connectivity index is 1.37. The molecule has 0 amide bonds. The van der Waals surface area contributed by atoms with E-state index >= 15 is 0 Å². The molecule has 0 aliphatic carbocycles. The minimum absolute atomic E-state index is 0.248. The van der Waals surface area contributed by atoms with E-state index in [1.54, 1.807) is 24.3 Å². The molecule has 0 radical (unpaired) electrons. The zero-order chi connectivity index (χ0) is 17.2. The zero-order valence-electron chi connectivity index (χ0n) is 13.9. The van der Waals surface area contributed by atoms with Gasteiger partial charge in [-0.25, -0.2) is 4.79 Å². The van der Waals surface area contributed by atoms with Gasteiger partial charge in [0.05, 0.1) is 5.56 Å². The highest BCUT2D eigenvalue weighted by atomic mass is 16.5. The number of carboxylic acid groups (broad SMARTS) is 1. The van der Waals surface area contributed by atoms with E-state index in [1.165, 1.54) is 22.2 Å². The van der Waals surface area contributed by atoms with Gasteiger partial charge in [0.15, 0.2) is 0 Å². The molecule has 1 aliphatic heterocycles. The van der Waals surface area contributed by atoms with E-state index in [0.717, 1.165) is 26.1 Å². The second-order valence-corrected chi connectivity index (χ2v) is 6.34. The first-order valence-corrected chi connectivity index (χ1v) is 8.48. The first-order valence-electron chi connectivity index (χ1n) is 8.48. The smallest absolute Gasteiger partial charge is 0.335 e. The summed E-state index contributed by atoms with van der Waals surface area (Å²) in [6, 6.07) is 15.1. The van der Waals surface area contributed by atoms with Crippen LogP contribution in [-0.2, 0) is 13.0 Å². The average Bonchev–Trinajstić information content (AvgIpc) is 3.00. The van der Waals surface area contributed by atoms with E-state index in [2.05, 4.69) is 34.1 Å². The minimum Gasteiger partial charge on any atom is -0.492 e. The van der Waals surface area contributed by atoms with E-state index in [9.17, 15) is 4.79 Å². The van der Waals surface area contributed by atoms with Crippen LogP contribution >= 0.6 is 0 Å². The lowest BCUT2D eigenvalue weighted by Gasteiger charge is -2.26. The monoisotopic (exact) mass is 336 g/mol. The summed E-state index contributed by atoms with van der Waals surface area (Å²) >= 11 is 0. The van der Waals surface area contributed by atoms with Gasteiger partial charge in [0.25, 0.3) is 0 Å². The third-order valence-corrected chi connectivity index (χ3v) is 4.72. The molecular weight excluding hydrogens is 316 g/mol. The molecule has 1 aliphatic rings. The summed E-state index contributed by atoms with van der Waals surface area (Å²) in [6.07, 6.45) is 1.04. The molecule has 0 bridgehead atoms. The number of para-hydroxylation sites is 1. The highest BCUT2D eigenvalue weighted by Crippen LogP contribution is 2.27. The van der Waals surface area contributed by atoms with Crippen LogP contribution in [0.3, 0.4) is 0 Å². The number of H-pyrrole nitrogens is 1. The van der Waals surface area contributed by atoms with Crippen LogP contribution in [0.5, 0.6) is 5.75 Å². The Morgan fingerprint density at radius 3 is 2.96 bits per heavy atom.